The van der Waals surface area contributed by atoms with Gasteiger partial charge in [-0.1, -0.05) is 34.9 Å². The van der Waals surface area contributed by atoms with E-state index in [0.29, 0.717) is 23.3 Å². The van der Waals surface area contributed by atoms with Gasteiger partial charge in [0, 0.05) is 19.2 Å². The molecule has 1 aromatic heterocycles. The number of anilines is 1. The molecule has 6 nitrogen and oxygen atoms in total. The quantitative estimate of drug-likeness (QED) is 0.741. The number of aryl methyl sites for hydroxylation is 1. The number of aromatic nitrogens is 4. The molecule has 3 rings (SSSR count). The zero-order valence-electron chi connectivity index (χ0n) is 12.9. The summed E-state index contributed by atoms with van der Waals surface area (Å²) in [7, 11) is 1.76. The van der Waals surface area contributed by atoms with Crippen molar-refractivity contribution in [2.24, 2.45) is 7.05 Å². The Balaban J connectivity index is 1.55. The van der Waals surface area contributed by atoms with Crippen LogP contribution in [0.4, 0.5) is 10.3 Å². The molecule has 0 spiro atoms. The van der Waals surface area contributed by atoms with Crippen molar-refractivity contribution in [3.63, 3.8) is 0 Å². The minimum atomic E-state index is -0.362. The molecule has 8 heteroatoms. The number of benzene rings is 2. The number of hydrogen-bond donors (Lipinski definition) is 1. The molecule has 2 aromatic carbocycles. The first-order valence-corrected chi connectivity index (χ1v) is 7.61. The second-order valence-electron chi connectivity index (χ2n) is 5.15. The average molecular weight is 348 g/mol. The Hall–Kier alpha value is -2.67. The standard InChI is InChI=1S/C16H15ClFN5O/c1-23-16(20-21-22-23)19-9-11-2-6-14(7-3-11)24-10-12-4-5-13(18)8-15(12)17/h2-8H,9-10H2,1H3,(H,19,20,22). The lowest BCUT2D eigenvalue weighted by molar-refractivity contribution is 0.306. The van der Waals surface area contributed by atoms with Crippen LogP contribution in [0.2, 0.25) is 5.02 Å². The summed E-state index contributed by atoms with van der Waals surface area (Å²) in [5.74, 6) is 0.944. The van der Waals surface area contributed by atoms with E-state index in [0.717, 1.165) is 11.1 Å². The van der Waals surface area contributed by atoms with E-state index < -0.39 is 0 Å². The second kappa shape index (κ2) is 7.27. The Morgan fingerprint density at radius 1 is 1.21 bits per heavy atom. The van der Waals surface area contributed by atoms with Crippen LogP contribution in [0.25, 0.3) is 0 Å². The van der Waals surface area contributed by atoms with Crippen LogP contribution in [0.15, 0.2) is 42.5 Å². The van der Waals surface area contributed by atoms with Gasteiger partial charge in [-0.2, -0.15) is 0 Å². The van der Waals surface area contributed by atoms with E-state index in [1.165, 1.54) is 12.1 Å². The lowest BCUT2D eigenvalue weighted by atomic mass is 10.2. The number of rotatable bonds is 6. The number of halogens is 2. The van der Waals surface area contributed by atoms with Crippen molar-refractivity contribution in [2.75, 3.05) is 5.32 Å². The molecule has 0 amide bonds. The Morgan fingerprint density at radius 2 is 2.00 bits per heavy atom. The minimum Gasteiger partial charge on any atom is -0.489 e. The number of nitrogens with zero attached hydrogens (tertiary/aromatic N) is 4. The summed E-state index contributed by atoms with van der Waals surface area (Å²) >= 11 is 5.98. The third-order valence-corrected chi connectivity index (χ3v) is 3.76. The van der Waals surface area contributed by atoms with Crippen LogP contribution >= 0.6 is 11.6 Å². The molecule has 124 valence electrons. The molecule has 0 saturated carbocycles. The maximum Gasteiger partial charge on any atom is 0.242 e. The highest BCUT2D eigenvalue weighted by Gasteiger charge is 2.04. The molecule has 1 heterocycles. The van der Waals surface area contributed by atoms with E-state index in [-0.39, 0.29) is 12.4 Å². The SMILES string of the molecule is Cn1nnnc1NCc1ccc(OCc2ccc(F)cc2Cl)cc1. The number of nitrogens with one attached hydrogen (secondary N) is 1. The van der Waals surface area contributed by atoms with Gasteiger partial charge in [0.05, 0.1) is 5.02 Å². The highest BCUT2D eigenvalue weighted by Crippen LogP contribution is 2.20. The van der Waals surface area contributed by atoms with Crippen molar-refractivity contribution in [1.29, 1.82) is 0 Å². The van der Waals surface area contributed by atoms with Crippen LogP contribution in [0, 0.1) is 5.82 Å². The molecule has 24 heavy (non-hydrogen) atoms. The largest absolute Gasteiger partial charge is 0.489 e. The van der Waals surface area contributed by atoms with E-state index in [1.54, 1.807) is 17.8 Å². The zero-order valence-corrected chi connectivity index (χ0v) is 13.7. The maximum atomic E-state index is 13.0. The molecular formula is C16H15ClFN5O. The van der Waals surface area contributed by atoms with Crippen LogP contribution in [0.3, 0.4) is 0 Å². The fourth-order valence-electron chi connectivity index (χ4n) is 2.06. The van der Waals surface area contributed by atoms with Crippen LogP contribution < -0.4 is 10.1 Å². The average Bonchev–Trinajstić information content (AvgIpc) is 2.98. The van der Waals surface area contributed by atoms with E-state index >= 15 is 0 Å². The van der Waals surface area contributed by atoms with Gasteiger partial charge in [-0.25, -0.2) is 9.07 Å². The third kappa shape index (κ3) is 3.99. The van der Waals surface area contributed by atoms with Crippen molar-refractivity contribution < 1.29 is 9.13 Å². The summed E-state index contributed by atoms with van der Waals surface area (Å²) in [4.78, 5) is 0. The van der Waals surface area contributed by atoms with Crippen molar-refractivity contribution in [2.45, 2.75) is 13.2 Å². The Kier molecular flexibility index (Phi) is 4.90. The molecule has 0 unspecified atom stereocenters. The first-order valence-electron chi connectivity index (χ1n) is 7.24. The molecule has 0 radical (unpaired) electrons. The Labute approximate surface area is 143 Å². The summed E-state index contributed by atoms with van der Waals surface area (Å²) in [6, 6.07) is 11.9. The first-order chi connectivity index (χ1) is 11.6. The number of ether oxygens (including phenoxy) is 1. The topological polar surface area (TPSA) is 64.9 Å². The molecule has 0 saturated heterocycles. The lowest BCUT2D eigenvalue weighted by Gasteiger charge is -2.09. The Bertz CT molecular complexity index is 822. The van der Waals surface area contributed by atoms with Crippen LogP contribution in [-0.4, -0.2) is 20.2 Å². The van der Waals surface area contributed by atoms with Gasteiger partial charge in [-0.15, -0.1) is 0 Å². The third-order valence-electron chi connectivity index (χ3n) is 3.40. The Morgan fingerprint density at radius 3 is 2.67 bits per heavy atom. The lowest BCUT2D eigenvalue weighted by Crippen LogP contribution is -2.05. The summed E-state index contributed by atoms with van der Waals surface area (Å²) in [5, 5.41) is 14.6. The molecule has 1 N–H and O–H groups in total. The first kappa shape index (κ1) is 16.2. The molecule has 0 atom stereocenters. The van der Waals surface area contributed by atoms with E-state index in [4.69, 9.17) is 16.3 Å². The minimum absolute atomic E-state index is 0.279. The van der Waals surface area contributed by atoms with Crippen molar-refractivity contribution in [3.8, 4) is 5.75 Å². The fourth-order valence-corrected chi connectivity index (χ4v) is 2.29. The van der Waals surface area contributed by atoms with Gasteiger partial charge in [0.2, 0.25) is 5.95 Å². The highest BCUT2D eigenvalue weighted by atomic mass is 35.5. The van der Waals surface area contributed by atoms with Crippen LogP contribution in [0.1, 0.15) is 11.1 Å². The molecule has 0 bridgehead atoms. The molecular weight excluding hydrogens is 333 g/mol. The van der Waals surface area contributed by atoms with Gasteiger partial charge in [-0.05, 0) is 40.3 Å². The molecule has 3 aromatic rings. The zero-order chi connectivity index (χ0) is 16.9. The fraction of sp³-hybridized carbons (Fsp3) is 0.188. The van der Waals surface area contributed by atoms with Crippen LogP contribution in [-0.2, 0) is 20.2 Å². The molecule has 0 aliphatic heterocycles. The van der Waals surface area contributed by atoms with Gasteiger partial charge >= 0.3 is 0 Å². The smallest absolute Gasteiger partial charge is 0.242 e. The van der Waals surface area contributed by atoms with E-state index in [1.807, 2.05) is 24.3 Å². The van der Waals surface area contributed by atoms with E-state index in [9.17, 15) is 4.39 Å². The molecule has 0 fully saturated rings. The predicted molar refractivity (Wildman–Crippen MR) is 88.3 cm³/mol. The monoisotopic (exact) mass is 347 g/mol. The molecule has 0 aliphatic rings. The van der Waals surface area contributed by atoms with Crippen molar-refractivity contribution >= 4 is 17.5 Å². The summed E-state index contributed by atoms with van der Waals surface area (Å²) in [6.07, 6.45) is 0. The van der Waals surface area contributed by atoms with Crippen molar-refractivity contribution in [1.82, 2.24) is 20.2 Å². The van der Waals surface area contributed by atoms with Gasteiger partial charge in [-0.3, -0.25) is 0 Å². The number of hydrogen-bond acceptors (Lipinski definition) is 5. The van der Waals surface area contributed by atoms with Crippen molar-refractivity contribution in [3.05, 3.63) is 64.4 Å². The van der Waals surface area contributed by atoms with Gasteiger partial charge < -0.3 is 10.1 Å². The maximum absolute atomic E-state index is 13.0. The summed E-state index contributed by atoms with van der Waals surface area (Å²) in [5.41, 5.74) is 1.80. The normalized spacial score (nSPS) is 10.6. The summed E-state index contributed by atoms with van der Waals surface area (Å²) in [6.45, 7) is 0.875. The summed E-state index contributed by atoms with van der Waals surface area (Å²) < 4.78 is 20.2. The second-order valence-corrected chi connectivity index (χ2v) is 5.56. The van der Waals surface area contributed by atoms with Gasteiger partial charge in [0.25, 0.3) is 0 Å². The van der Waals surface area contributed by atoms with Gasteiger partial charge in [0.1, 0.15) is 18.2 Å². The predicted octanol–water partition coefficient (Wildman–Crippen LogP) is 3.19. The molecule has 0 aliphatic carbocycles. The number of tetrazole rings is 1. The highest BCUT2D eigenvalue weighted by molar-refractivity contribution is 6.31. The van der Waals surface area contributed by atoms with E-state index in [2.05, 4.69) is 20.8 Å². The van der Waals surface area contributed by atoms with Crippen LogP contribution in [0.5, 0.6) is 5.75 Å². The van der Waals surface area contributed by atoms with Gasteiger partial charge in [0.15, 0.2) is 0 Å².